The average Bonchev–Trinajstić information content (AvgIpc) is 3.50. The van der Waals surface area contributed by atoms with E-state index in [0.717, 1.165) is 43.1 Å². The third kappa shape index (κ3) is 3.72. The van der Waals surface area contributed by atoms with Crippen LogP contribution in [0.4, 0.5) is 5.69 Å². The number of rotatable bonds is 4. The summed E-state index contributed by atoms with van der Waals surface area (Å²) in [6.45, 7) is 2.90. The number of nitrogens with zero attached hydrogens (tertiary/aromatic N) is 4. The molecule has 2 fully saturated rings. The van der Waals surface area contributed by atoms with E-state index < -0.39 is 0 Å². The SMILES string of the molecule is O=C(c1ccccc1Cl)N1CCN(c2ccc(-c3noc(C4CC4)n3)cc2)CC1. The van der Waals surface area contributed by atoms with Gasteiger partial charge in [-0.2, -0.15) is 4.98 Å². The number of carbonyl (C=O) groups is 1. The van der Waals surface area contributed by atoms with Crippen LogP contribution in [0.25, 0.3) is 11.4 Å². The summed E-state index contributed by atoms with van der Waals surface area (Å²) < 4.78 is 5.35. The van der Waals surface area contributed by atoms with Crippen molar-refractivity contribution in [3.05, 3.63) is 65.0 Å². The molecule has 2 heterocycles. The Labute approximate surface area is 174 Å². The number of carbonyl (C=O) groups excluding carboxylic acids is 1. The highest BCUT2D eigenvalue weighted by molar-refractivity contribution is 6.33. The molecular formula is C22H21ClN4O2. The van der Waals surface area contributed by atoms with Gasteiger partial charge in [0.05, 0.1) is 10.6 Å². The van der Waals surface area contributed by atoms with Gasteiger partial charge in [0.2, 0.25) is 11.7 Å². The van der Waals surface area contributed by atoms with E-state index >= 15 is 0 Å². The van der Waals surface area contributed by atoms with Crippen LogP contribution in [0.2, 0.25) is 5.02 Å². The van der Waals surface area contributed by atoms with Crippen LogP contribution in [-0.4, -0.2) is 47.1 Å². The lowest BCUT2D eigenvalue weighted by molar-refractivity contribution is 0.0747. The highest BCUT2D eigenvalue weighted by Crippen LogP contribution is 2.39. The van der Waals surface area contributed by atoms with Gasteiger partial charge in [0.15, 0.2) is 0 Å². The van der Waals surface area contributed by atoms with Crippen LogP contribution in [0.5, 0.6) is 0 Å². The summed E-state index contributed by atoms with van der Waals surface area (Å²) in [5, 5.41) is 4.60. The quantitative estimate of drug-likeness (QED) is 0.646. The molecule has 6 nitrogen and oxygen atoms in total. The molecule has 0 atom stereocenters. The molecule has 0 radical (unpaired) electrons. The first-order valence-corrected chi connectivity index (χ1v) is 10.3. The summed E-state index contributed by atoms with van der Waals surface area (Å²) in [4.78, 5) is 21.4. The van der Waals surface area contributed by atoms with Crippen LogP contribution in [0.3, 0.4) is 0 Å². The maximum atomic E-state index is 12.7. The maximum absolute atomic E-state index is 12.7. The van der Waals surface area contributed by atoms with Gasteiger partial charge in [0.1, 0.15) is 0 Å². The monoisotopic (exact) mass is 408 g/mol. The molecule has 3 aromatic rings. The van der Waals surface area contributed by atoms with E-state index in [1.165, 1.54) is 0 Å². The van der Waals surface area contributed by atoms with Crippen molar-refractivity contribution in [2.24, 2.45) is 0 Å². The van der Waals surface area contributed by atoms with E-state index in [4.69, 9.17) is 16.1 Å². The summed E-state index contributed by atoms with van der Waals surface area (Å²) in [5.74, 6) is 1.85. The van der Waals surface area contributed by atoms with Crippen LogP contribution in [0.15, 0.2) is 53.1 Å². The molecule has 1 aliphatic heterocycles. The molecule has 7 heteroatoms. The first-order chi connectivity index (χ1) is 14.2. The first kappa shape index (κ1) is 18.2. The van der Waals surface area contributed by atoms with Gasteiger partial charge in [-0.05, 0) is 49.2 Å². The summed E-state index contributed by atoms with van der Waals surface area (Å²) in [5.41, 5.74) is 2.65. The fourth-order valence-corrected chi connectivity index (χ4v) is 3.86. The Morgan fingerprint density at radius 1 is 1.00 bits per heavy atom. The second kappa shape index (κ2) is 7.52. The van der Waals surface area contributed by atoms with Gasteiger partial charge in [-0.3, -0.25) is 4.79 Å². The van der Waals surface area contributed by atoms with Crippen LogP contribution in [-0.2, 0) is 0 Å². The molecule has 5 rings (SSSR count). The number of benzene rings is 2. The normalized spacial score (nSPS) is 16.9. The highest BCUT2D eigenvalue weighted by Gasteiger charge is 2.30. The van der Waals surface area contributed by atoms with Crippen LogP contribution in [0, 0.1) is 0 Å². The minimum atomic E-state index is -0.00540. The number of halogens is 1. The Hall–Kier alpha value is -2.86. The molecule has 148 valence electrons. The lowest BCUT2D eigenvalue weighted by Gasteiger charge is -2.36. The van der Waals surface area contributed by atoms with Gasteiger partial charge < -0.3 is 14.3 Å². The van der Waals surface area contributed by atoms with Gasteiger partial charge in [-0.25, -0.2) is 0 Å². The third-order valence-electron chi connectivity index (χ3n) is 5.53. The standard InChI is InChI=1S/C22H21ClN4O2/c23-19-4-2-1-3-18(19)22(28)27-13-11-26(12-14-27)17-9-7-15(8-10-17)20-24-21(29-25-20)16-5-6-16/h1-4,7-10,16H,5-6,11-14H2. The molecule has 29 heavy (non-hydrogen) atoms. The summed E-state index contributed by atoms with van der Waals surface area (Å²) in [6, 6.07) is 15.4. The Balaban J connectivity index is 1.22. The number of piperazine rings is 1. The van der Waals surface area contributed by atoms with Crippen molar-refractivity contribution in [2.45, 2.75) is 18.8 Å². The molecule has 0 N–H and O–H groups in total. The third-order valence-corrected chi connectivity index (χ3v) is 5.86. The van der Waals surface area contributed by atoms with Crippen LogP contribution < -0.4 is 4.90 Å². The van der Waals surface area contributed by atoms with Crippen LogP contribution >= 0.6 is 11.6 Å². The lowest BCUT2D eigenvalue weighted by atomic mass is 10.1. The topological polar surface area (TPSA) is 62.5 Å². The molecule has 2 aliphatic rings. The summed E-state index contributed by atoms with van der Waals surface area (Å²) >= 11 is 6.18. The Morgan fingerprint density at radius 2 is 1.72 bits per heavy atom. The molecule has 0 spiro atoms. The fourth-order valence-electron chi connectivity index (χ4n) is 3.64. The minimum Gasteiger partial charge on any atom is -0.368 e. The zero-order valence-electron chi connectivity index (χ0n) is 15.9. The zero-order valence-corrected chi connectivity index (χ0v) is 16.7. The van der Waals surface area contributed by atoms with Crippen molar-refractivity contribution in [1.82, 2.24) is 15.0 Å². The van der Waals surface area contributed by atoms with Gasteiger partial charge >= 0.3 is 0 Å². The van der Waals surface area contributed by atoms with Crippen molar-refractivity contribution in [2.75, 3.05) is 31.1 Å². The van der Waals surface area contributed by atoms with E-state index in [2.05, 4.69) is 27.2 Å². The second-order valence-corrected chi connectivity index (χ2v) is 7.94. The Kier molecular flexibility index (Phi) is 4.72. The maximum Gasteiger partial charge on any atom is 0.255 e. The molecule has 1 saturated heterocycles. The average molecular weight is 409 g/mol. The van der Waals surface area contributed by atoms with Gasteiger partial charge in [0.25, 0.3) is 5.91 Å². The van der Waals surface area contributed by atoms with Crippen molar-refractivity contribution in [1.29, 1.82) is 0 Å². The molecule has 1 amide bonds. The van der Waals surface area contributed by atoms with Crippen molar-refractivity contribution in [3.8, 4) is 11.4 Å². The number of hydrogen-bond donors (Lipinski definition) is 0. The summed E-state index contributed by atoms with van der Waals surface area (Å²) in [6.07, 6.45) is 2.29. The number of amides is 1. The second-order valence-electron chi connectivity index (χ2n) is 7.54. The molecule has 0 unspecified atom stereocenters. The smallest absolute Gasteiger partial charge is 0.255 e. The van der Waals surface area contributed by atoms with Gasteiger partial charge in [0, 0.05) is 43.3 Å². The van der Waals surface area contributed by atoms with E-state index in [9.17, 15) is 4.79 Å². The first-order valence-electron chi connectivity index (χ1n) is 9.92. The molecule has 1 saturated carbocycles. The predicted molar refractivity (Wildman–Crippen MR) is 111 cm³/mol. The predicted octanol–water partition coefficient (Wildman–Crippen LogP) is 4.23. The number of aromatic nitrogens is 2. The van der Waals surface area contributed by atoms with E-state index in [1.807, 2.05) is 29.2 Å². The fraction of sp³-hybridized carbons (Fsp3) is 0.318. The Morgan fingerprint density at radius 3 is 2.41 bits per heavy atom. The van der Waals surface area contributed by atoms with Gasteiger partial charge in [-0.1, -0.05) is 28.9 Å². The lowest BCUT2D eigenvalue weighted by Crippen LogP contribution is -2.48. The highest BCUT2D eigenvalue weighted by atomic mass is 35.5. The van der Waals surface area contributed by atoms with E-state index in [0.29, 0.717) is 35.4 Å². The molecule has 2 aromatic carbocycles. The van der Waals surface area contributed by atoms with Gasteiger partial charge in [-0.15, -0.1) is 0 Å². The van der Waals surface area contributed by atoms with E-state index in [-0.39, 0.29) is 5.91 Å². The summed E-state index contributed by atoms with van der Waals surface area (Å²) in [7, 11) is 0. The molecular weight excluding hydrogens is 388 g/mol. The zero-order chi connectivity index (χ0) is 19.8. The largest absolute Gasteiger partial charge is 0.368 e. The van der Waals surface area contributed by atoms with Crippen molar-refractivity contribution < 1.29 is 9.32 Å². The molecule has 1 aromatic heterocycles. The number of anilines is 1. The molecule has 1 aliphatic carbocycles. The number of hydrogen-bond acceptors (Lipinski definition) is 5. The van der Waals surface area contributed by atoms with E-state index in [1.54, 1.807) is 12.1 Å². The minimum absolute atomic E-state index is 0.00540. The Bertz CT molecular complexity index is 1020. The van der Waals surface area contributed by atoms with Crippen LogP contribution in [0.1, 0.15) is 35.0 Å². The van der Waals surface area contributed by atoms with Crippen molar-refractivity contribution in [3.63, 3.8) is 0 Å². The van der Waals surface area contributed by atoms with Crippen molar-refractivity contribution >= 4 is 23.2 Å². The molecule has 0 bridgehead atoms.